The summed E-state index contributed by atoms with van der Waals surface area (Å²) in [7, 11) is 1.51. The smallest absolute Gasteiger partial charge is 0.338 e. The van der Waals surface area contributed by atoms with Gasteiger partial charge in [0.2, 0.25) is 0 Å². The normalized spacial score (nSPS) is 15.5. The van der Waals surface area contributed by atoms with Crippen molar-refractivity contribution in [2.45, 2.75) is 32.7 Å². The SMILES string of the molecule is CCOc1ccc(C(=O)OCC(=O)N2c3ccccc3CCC2C)cc1OC. The molecule has 1 aliphatic heterocycles. The number of hydrogen-bond donors (Lipinski definition) is 0. The lowest BCUT2D eigenvalue weighted by Gasteiger charge is -2.35. The van der Waals surface area contributed by atoms with Gasteiger partial charge >= 0.3 is 5.97 Å². The number of carbonyl (C=O) groups is 2. The van der Waals surface area contributed by atoms with Crippen LogP contribution in [0.4, 0.5) is 5.69 Å². The van der Waals surface area contributed by atoms with Crippen LogP contribution in [0, 0.1) is 0 Å². The summed E-state index contributed by atoms with van der Waals surface area (Å²) >= 11 is 0. The van der Waals surface area contributed by atoms with Crippen LogP contribution in [-0.4, -0.2) is 38.2 Å². The molecular weight excluding hydrogens is 358 g/mol. The lowest BCUT2D eigenvalue weighted by molar-refractivity contribution is -0.122. The van der Waals surface area contributed by atoms with Gasteiger partial charge in [-0.3, -0.25) is 4.79 Å². The van der Waals surface area contributed by atoms with E-state index in [2.05, 4.69) is 0 Å². The number of amides is 1. The van der Waals surface area contributed by atoms with E-state index in [9.17, 15) is 9.59 Å². The van der Waals surface area contributed by atoms with Crippen LogP contribution in [0.3, 0.4) is 0 Å². The van der Waals surface area contributed by atoms with Crippen molar-refractivity contribution in [3.8, 4) is 11.5 Å². The highest BCUT2D eigenvalue weighted by molar-refractivity contribution is 5.98. The van der Waals surface area contributed by atoms with Crippen molar-refractivity contribution in [1.82, 2.24) is 0 Å². The lowest BCUT2D eigenvalue weighted by Crippen LogP contribution is -2.44. The maximum absolute atomic E-state index is 12.8. The number of aryl methyl sites for hydroxylation is 1. The number of benzene rings is 2. The number of methoxy groups -OCH3 is 1. The molecule has 0 aliphatic carbocycles. The summed E-state index contributed by atoms with van der Waals surface area (Å²) in [6.07, 6.45) is 1.82. The number of carbonyl (C=O) groups excluding carboxylic acids is 2. The molecule has 0 bridgehead atoms. The summed E-state index contributed by atoms with van der Waals surface area (Å²) in [4.78, 5) is 26.9. The van der Waals surface area contributed by atoms with Gasteiger partial charge in [0, 0.05) is 11.7 Å². The van der Waals surface area contributed by atoms with Gasteiger partial charge in [0.1, 0.15) is 0 Å². The number of para-hydroxylation sites is 1. The van der Waals surface area contributed by atoms with Gasteiger partial charge < -0.3 is 19.1 Å². The second-order valence-electron chi connectivity index (χ2n) is 6.65. The molecule has 1 unspecified atom stereocenters. The zero-order valence-corrected chi connectivity index (χ0v) is 16.4. The van der Waals surface area contributed by atoms with E-state index >= 15 is 0 Å². The maximum atomic E-state index is 12.8. The molecule has 1 aliphatic rings. The molecule has 0 saturated heterocycles. The predicted molar refractivity (Wildman–Crippen MR) is 106 cm³/mol. The van der Waals surface area contributed by atoms with E-state index in [-0.39, 0.29) is 18.6 Å². The van der Waals surface area contributed by atoms with E-state index < -0.39 is 5.97 Å². The van der Waals surface area contributed by atoms with Gasteiger partial charge in [-0.05, 0) is 56.5 Å². The number of esters is 1. The van der Waals surface area contributed by atoms with E-state index in [0.717, 1.165) is 24.1 Å². The quantitative estimate of drug-likeness (QED) is 0.713. The molecular formula is C22H25NO5. The Kier molecular flexibility index (Phi) is 6.19. The number of rotatable bonds is 6. The third kappa shape index (κ3) is 4.11. The van der Waals surface area contributed by atoms with Gasteiger partial charge in [0.15, 0.2) is 18.1 Å². The lowest BCUT2D eigenvalue weighted by atomic mass is 9.96. The average Bonchev–Trinajstić information content (AvgIpc) is 2.72. The number of nitrogens with zero attached hydrogens (tertiary/aromatic N) is 1. The Balaban J connectivity index is 1.69. The summed E-state index contributed by atoms with van der Waals surface area (Å²) in [5.74, 6) is 0.191. The molecule has 6 heteroatoms. The molecule has 0 spiro atoms. The molecule has 0 aromatic heterocycles. The van der Waals surface area contributed by atoms with E-state index in [0.29, 0.717) is 23.7 Å². The third-order valence-corrected chi connectivity index (χ3v) is 4.82. The predicted octanol–water partition coefficient (Wildman–Crippen LogP) is 3.62. The Morgan fingerprint density at radius 1 is 1.14 bits per heavy atom. The van der Waals surface area contributed by atoms with Gasteiger partial charge in [-0.15, -0.1) is 0 Å². The highest BCUT2D eigenvalue weighted by Gasteiger charge is 2.28. The van der Waals surface area contributed by atoms with Crippen LogP contribution >= 0.6 is 0 Å². The first-order valence-corrected chi connectivity index (χ1v) is 9.43. The summed E-state index contributed by atoms with van der Waals surface area (Å²) in [5, 5.41) is 0. The molecule has 1 amide bonds. The fourth-order valence-electron chi connectivity index (χ4n) is 3.42. The second kappa shape index (κ2) is 8.78. The fourth-order valence-corrected chi connectivity index (χ4v) is 3.42. The molecule has 1 heterocycles. The molecule has 28 heavy (non-hydrogen) atoms. The standard InChI is InChI=1S/C22H25NO5/c1-4-27-19-12-11-17(13-20(19)26-3)22(25)28-14-21(24)23-15(2)9-10-16-7-5-6-8-18(16)23/h5-8,11-13,15H,4,9-10,14H2,1-3H3. The molecule has 0 fully saturated rings. The Morgan fingerprint density at radius 3 is 2.68 bits per heavy atom. The van der Waals surface area contributed by atoms with Crippen molar-refractivity contribution >= 4 is 17.6 Å². The summed E-state index contributed by atoms with van der Waals surface area (Å²) in [6.45, 7) is 4.05. The van der Waals surface area contributed by atoms with E-state index in [1.54, 1.807) is 23.1 Å². The third-order valence-electron chi connectivity index (χ3n) is 4.82. The van der Waals surface area contributed by atoms with E-state index in [4.69, 9.17) is 14.2 Å². The molecule has 0 radical (unpaired) electrons. The van der Waals surface area contributed by atoms with Gasteiger partial charge in [-0.25, -0.2) is 4.79 Å². The maximum Gasteiger partial charge on any atom is 0.338 e. The fraction of sp³-hybridized carbons (Fsp3) is 0.364. The average molecular weight is 383 g/mol. The van der Waals surface area contributed by atoms with Crippen LogP contribution in [0.15, 0.2) is 42.5 Å². The van der Waals surface area contributed by atoms with Gasteiger partial charge in [-0.1, -0.05) is 18.2 Å². The minimum atomic E-state index is -0.576. The molecule has 0 saturated carbocycles. The molecule has 2 aromatic rings. The summed E-state index contributed by atoms with van der Waals surface area (Å²) < 4.78 is 16.0. The Hall–Kier alpha value is -3.02. The Bertz CT molecular complexity index is 864. The first kappa shape index (κ1) is 19.7. The first-order valence-electron chi connectivity index (χ1n) is 9.43. The van der Waals surface area contributed by atoms with Crippen molar-refractivity contribution in [2.75, 3.05) is 25.2 Å². The molecule has 148 valence electrons. The van der Waals surface area contributed by atoms with Gasteiger partial charge in [-0.2, -0.15) is 0 Å². The van der Waals surface area contributed by atoms with Crippen LogP contribution in [0.2, 0.25) is 0 Å². The molecule has 1 atom stereocenters. The number of anilines is 1. The van der Waals surface area contributed by atoms with Crippen molar-refractivity contribution < 1.29 is 23.8 Å². The zero-order chi connectivity index (χ0) is 20.1. The van der Waals surface area contributed by atoms with Gasteiger partial charge in [0.25, 0.3) is 5.91 Å². The number of hydrogen-bond acceptors (Lipinski definition) is 5. The molecule has 6 nitrogen and oxygen atoms in total. The first-order chi connectivity index (χ1) is 13.5. The monoisotopic (exact) mass is 383 g/mol. The topological polar surface area (TPSA) is 65.1 Å². The minimum absolute atomic E-state index is 0.0617. The van der Waals surface area contributed by atoms with Crippen molar-refractivity contribution in [3.63, 3.8) is 0 Å². The van der Waals surface area contributed by atoms with Crippen LogP contribution in [-0.2, 0) is 16.0 Å². The van der Waals surface area contributed by atoms with Crippen molar-refractivity contribution in [2.24, 2.45) is 0 Å². The highest BCUT2D eigenvalue weighted by atomic mass is 16.5. The van der Waals surface area contributed by atoms with Crippen molar-refractivity contribution in [3.05, 3.63) is 53.6 Å². The zero-order valence-electron chi connectivity index (χ0n) is 16.4. The van der Waals surface area contributed by atoms with E-state index in [1.807, 2.05) is 38.1 Å². The molecule has 2 aromatic carbocycles. The number of ether oxygens (including phenoxy) is 3. The van der Waals surface area contributed by atoms with Crippen LogP contribution < -0.4 is 14.4 Å². The molecule has 3 rings (SSSR count). The van der Waals surface area contributed by atoms with Crippen molar-refractivity contribution in [1.29, 1.82) is 0 Å². The van der Waals surface area contributed by atoms with Crippen LogP contribution in [0.1, 0.15) is 36.2 Å². The van der Waals surface area contributed by atoms with Crippen LogP contribution in [0.5, 0.6) is 11.5 Å². The Morgan fingerprint density at radius 2 is 1.93 bits per heavy atom. The van der Waals surface area contributed by atoms with E-state index in [1.165, 1.54) is 7.11 Å². The second-order valence-corrected chi connectivity index (χ2v) is 6.65. The summed E-state index contributed by atoms with van der Waals surface area (Å²) in [5.41, 5.74) is 2.33. The largest absolute Gasteiger partial charge is 0.493 e. The highest BCUT2D eigenvalue weighted by Crippen LogP contribution is 2.31. The Labute approximate surface area is 165 Å². The summed E-state index contributed by atoms with van der Waals surface area (Å²) in [6, 6.07) is 12.7. The number of fused-ring (bicyclic) bond motifs is 1. The molecule has 0 N–H and O–H groups in total. The van der Waals surface area contributed by atoms with Crippen LogP contribution in [0.25, 0.3) is 0 Å². The van der Waals surface area contributed by atoms with Gasteiger partial charge in [0.05, 0.1) is 19.3 Å². The minimum Gasteiger partial charge on any atom is -0.493 e.